The smallest absolute Gasteiger partial charge is 0.231 e. The fourth-order valence-electron chi connectivity index (χ4n) is 4.50. The normalized spacial score (nSPS) is 22.1. The summed E-state index contributed by atoms with van der Waals surface area (Å²) in [5.41, 5.74) is 2.81. The lowest BCUT2D eigenvalue weighted by Crippen LogP contribution is -2.36. The molecule has 0 saturated carbocycles. The SMILES string of the molecule is C[C@@H]1CCCCN1Cc1c(O)ccc2c1OC(=Cc1cc(Br)cc3c1OCOC3)C2=O. The van der Waals surface area contributed by atoms with Gasteiger partial charge >= 0.3 is 0 Å². The average molecular weight is 486 g/mol. The molecule has 0 unspecified atom stereocenters. The molecular formula is C24H24BrNO5. The average Bonchev–Trinajstić information content (AvgIpc) is 3.07. The molecule has 0 amide bonds. The Labute approximate surface area is 189 Å². The lowest BCUT2D eigenvalue weighted by Gasteiger charge is -2.33. The van der Waals surface area contributed by atoms with Crippen molar-refractivity contribution < 1.29 is 24.1 Å². The highest BCUT2D eigenvalue weighted by molar-refractivity contribution is 9.10. The molecule has 162 valence electrons. The molecule has 7 heteroatoms. The van der Waals surface area contributed by atoms with Gasteiger partial charge in [-0.05, 0) is 56.7 Å². The fraction of sp³-hybridized carbons (Fsp3) is 0.375. The van der Waals surface area contributed by atoms with Crippen molar-refractivity contribution in [3.8, 4) is 17.2 Å². The van der Waals surface area contributed by atoms with Gasteiger partial charge in [0.05, 0.1) is 17.7 Å². The maximum atomic E-state index is 13.1. The summed E-state index contributed by atoms with van der Waals surface area (Å²) in [5, 5.41) is 10.6. The van der Waals surface area contributed by atoms with E-state index in [2.05, 4.69) is 27.8 Å². The number of Topliss-reactive ketones (excluding diaryl/α,β-unsaturated/α-hetero) is 1. The molecule has 1 atom stereocenters. The maximum Gasteiger partial charge on any atom is 0.231 e. The second-order valence-corrected chi connectivity index (χ2v) is 9.20. The summed E-state index contributed by atoms with van der Waals surface area (Å²) >= 11 is 3.51. The highest BCUT2D eigenvalue weighted by Crippen LogP contribution is 2.42. The molecule has 3 aliphatic rings. The summed E-state index contributed by atoms with van der Waals surface area (Å²) in [6.07, 6.45) is 5.21. The zero-order valence-electron chi connectivity index (χ0n) is 17.3. The van der Waals surface area contributed by atoms with Crippen molar-refractivity contribution >= 4 is 27.8 Å². The van der Waals surface area contributed by atoms with Gasteiger partial charge in [-0.1, -0.05) is 22.4 Å². The van der Waals surface area contributed by atoms with E-state index in [4.69, 9.17) is 14.2 Å². The first-order valence-electron chi connectivity index (χ1n) is 10.6. The van der Waals surface area contributed by atoms with Gasteiger partial charge in [0.25, 0.3) is 0 Å². The minimum absolute atomic E-state index is 0.158. The molecule has 0 radical (unpaired) electrons. The summed E-state index contributed by atoms with van der Waals surface area (Å²) in [5.74, 6) is 1.35. The molecule has 1 fully saturated rings. The zero-order valence-corrected chi connectivity index (χ0v) is 18.9. The van der Waals surface area contributed by atoms with Crippen LogP contribution in [-0.4, -0.2) is 35.2 Å². The monoisotopic (exact) mass is 485 g/mol. The first kappa shape index (κ1) is 20.5. The molecule has 31 heavy (non-hydrogen) atoms. The van der Waals surface area contributed by atoms with Gasteiger partial charge in [0.2, 0.25) is 5.78 Å². The first-order chi connectivity index (χ1) is 15.0. The van der Waals surface area contributed by atoms with E-state index in [1.165, 1.54) is 6.42 Å². The number of fused-ring (bicyclic) bond motifs is 2. The van der Waals surface area contributed by atoms with Gasteiger partial charge < -0.3 is 19.3 Å². The molecule has 6 nitrogen and oxygen atoms in total. The summed E-state index contributed by atoms with van der Waals surface area (Å²) in [6, 6.07) is 7.50. The van der Waals surface area contributed by atoms with Gasteiger partial charge in [-0.3, -0.25) is 9.69 Å². The van der Waals surface area contributed by atoms with Crippen molar-refractivity contribution in [1.29, 1.82) is 0 Å². The summed E-state index contributed by atoms with van der Waals surface area (Å²) in [6.45, 7) is 4.36. The fourth-order valence-corrected chi connectivity index (χ4v) is 5.03. The van der Waals surface area contributed by atoms with Crippen molar-refractivity contribution in [3.05, 3.63) is 56.8 Å². The summed E-state index contributed by atoms with van der Waals surface area (Å²) < 4.78 is 18.0. The van der Waals surface area contributed by atoms with Gasteiger partial charge in [-0.25, -0.2) is 0 Å². The number of benzene rings is 2. The molecule has 0 spiro atoms. The van der Waals surface area contributed by atoms with Crippen LogP contribution in [0.3, 0.4) is 0 Å². The van der Waals surface area contributed by atoms with Crippen molar-refractivity contribution in [1.82, 2.24) is 4.90 Å². The number of hydrogen-bond acceptors (Lipinski definition) is 6. The van der Waals surface area contributed by atoms with E-state index < -0.39 is 0 Å². The molecule has 0 aromatic heterocycles. The largest absolute Gasteiger partial charge is 0.507 e. The number of nitrogens with zero attached hydrogens (tertiary/aromatic N) is 1. The van der Waals surface area contributed by atoms with E-state index >= 15 is 0 Å². The van der Waals surface area contributed by atoms with E-state index in [0.717, 1.165) is 35.0 Å². The minimum atomic E-state index is -0.191. The lowest BCUT2D eigenvalue weighted by molar-refractivity contribution is -0.0165. The van der Waals surface area contributed by atoms with Crippen LogP contribution in [0.2, 0.25) is 0 Å². The highest BCUT2D eigenvalue weighted by atomic mass is 79.9. The van der Waals surface area contributed by atoms with Crippen LogP contribution in [-0.2, 0) is 17.9 Å². The number of phenols is 1. The quantitative estimate of drug-likeness (QED) is 0.616. The van der Waals surface area contributed by atoms with Gasteiger partial charge in [0, 0.05) is 28.2 Å². The number of piperidine rings is 1. The van der Waals surface area contributed by atoms with Crippen molar-refractivity contribution in [3.63, 3.8) is 0 Å². The second-order valence-electron chi connectivity index (χ2n) is 8.29. The van der Waals surface area contributed by atoms with Crippen LogP contribution in [0, 0.1) is 0 Å². The Morgan fingerprint density at radius 3 is 2.97 bits per heavy atom. The van der Waals surface area contributed by atoms with E-state index in [0.29, 0.717) is 41.8 Å². The van der Waals surface area contributed by atoms with Crippen molar-refractivity contribution in [2.75, 3.05) is 13.3 Å². The topological polar surface area (TPSA) is 68.2 Å². The number of carbonyl (C=O) groups is 1. The number of phenolic OH excluding ortho intramolecular Hbond substituents is 1. The van der Waals surface area contributed by atoms with Gasteiger partial charge in [-0.15, -0.1) is 0 Å². The first-order valence-corrected chi connectivity index (χ1v) is 11.4. The third kappa shape index (κ3) is 3.86. The van der Waals surface area contributed by atoms with Crippen LogP contribution in [0.25, 0.3) is 6.08 Å². The molecule has 1 saturated heterocycles. The Morgan fingerprint density at radius 1 is 1.26 bits per heavy atom. The van der Waals surface area contributed by atoms with E-state index in [-0.39, 0.29) is 24.1 Å². The number of carbonyl (C=O) groups excluding carboxylic acids is 1. The van der Waals surface area contributed by atoms with Gasteiger partial charge in [0.15, 0.2) is 12.6 Å². The van der Waals surface area contributed by atoms with Gasteiger partial charge in [-0.2, -0.15) is 0 Å². The Hall–Kier alpha value is -2.35. The van der Waals surface area contributed by atoms with Crippen LogP contribution in [0.4, 0.5) is 0 Å². The Balaban J connectivity index is 1.50. The Bertz CT molecular complexity index is 1080. The number of ketones is 1. The summed E-state index contributed by atoms with van der Waals surface area (Å²) in [7, 11) is 0. The van der Waals surface area contributed by atoms with Crippen LogP contribution in [0.5, 0.6) is 17.2 Å². The summed E-state index contributed by atoms with van der Waals surface area (Å²) in [4.78, 5) is 15.4. The van der Waals surface area contributed by atoms with Crippen LogP contribution in [0.1, 0.15) is 53.2 Å². The number of hydrogen-bond donors (Lipinski definition) is 1. The molecule has 2 aromatic rings. The third-order valence-corrected chi connectivity index (χ3v) is 6.67. The number of halogens is 1. The number of ether oxygens (including phenoxy) is 3. The molecule has 3 heterocycles. The number of likely N-dealkylation sites (tertiary alicyclic amines) is 1. The van der Waals surface area contributed by atoms with Crippen LogP contribution in [0.15, 0.2) is 34.5 Å². The molecule has 5 rings (SSSR count). The maximum absolute atomic E-state index is 13.1. The highest BCUT2D eigenvalue weighted by Gasteiger charge is 2.33. The molecule has 3 aliphatic heterocycles. The predicted octanol–water partition coefficient (Wildman–Crippen LogP) is 5.01. The Kier molecular flexibility index (Phi) is 5.50. The Morgan fingerprint density at radius 2 is 2.13 bits per heavy atom. The molecule has 0 bridgehead atoms. The third-order valence-electron chi connectivity index (χ3n) is 6.21. The molecule has 0 aliphatic carbocycles. The molecule has 1 N–H and O–H groups in total. The van der Waals surface area contributed by atoms with Crippen LogP contribution >= 0.6 is 15.9 Å². The van der Waals surface area contributed by atoms with E-state index in [9.17, 15) is 9.90 Å². The number of allylic oxidation sites excluding steroid dienone is 1. The van der Waals surface area contributed by atoms with Crippen LogP contribution < -0.4 is 9.47 Å². The standard InChI is InChI=1S/C24H24BrNO5/c1-14-4-2-3-7-26(14)11-19-20(27)6-5-18-22(28)21(31-24(18)19)10-15-8-17(25)9-16-12-29-13-30-23(15)16/h5-6,8-10,14,27H,2-4,7,11-13H2,1H3/t14-/m1/s1. The minimum Gasteiger partial charge on any atom is -0.507 e. The molecule has 2 aromatic carbocycles. The zero-order chi connectivity index (χ0) is 21.5. The second kappa shape index (κ2) is 8.30. The number of aromatic hydroxyl groups is 1. The lowest BCUT2D eigenvalue weighted by atomic mass is 10.0. The van der Waals surface area contributed by atoms with Gasteiger partial charge in [0.1, 0.15) is 17.2 Å². The molecular weight excluding hydrogens is 462 g/mol. The number of rotatable bonds is 3. The van der Waals surface area contributed by atoms with Crippen molar-refractivity contribution in [2.24, 2.45) is 0 Å². The predicted molar refractivity (Wildman–Crippen MR) is 119 cm³/mol. The van der Waals surface area contributed by atoms with Crippen molar-refractivity contribution in [2.45, 2.75) is 45.4 Å². The van der Waals surface area contributed by atoms with E-state index in [1.807, 2.05) is 12.1 Å². The van der Waals surface area contributed by atoms with E-state index in [1.54, 1.807) is 18.2 Å².